The van der Waals surface area contributed by atoms with Gasteiger partial charge in [-0.2, -0.15) is 0 Å². The van der Waals surface area contributed by atoms with Crippen molar-refractivity contribution in [3.8, 4) is 0 Å². The minimum Gasteiger partial charge on any atom is -0.462 e. The average Bonchev–Trinajstić information content (AvgIpc) is 3.13. The number of rotatable bonds is 6. The molecule has 0 spiro atoms. The fraction of sp³-hybridized carbons (Fsp3) is 0.478. The second-order valence-corrected chi connectivity index (χ2v) is 8.78. The molecule has 2 aliphatic rings. The van der Waals surface area contributed by atoms with E-state index in [9.17, 15) is 9.59 Å². The number of carbonyl (C=O) groups is 2. The average molecular weight is 429 g/mol. The van der Waals surface area contributed by atoms with Gasteiger partial charge in [0.2, 0.25) is 0 Å². The van der Waals surface area contributed by atoms with Crippen LogP contribution < -0.4 is 5.32 Å². The summed E-state index contributed by atoms with van der Waals surface area (Å²) in [6.07, 6.45) is 4.01. The molecule has 7 heteroatoms. The fourth-order valence-electron chi connectivity index (χ4n) is 4.03. The van der Waals surface area contributed by atoms with E-state index in [1.165, 1.54) is 21.8 Å². The molecule has 2 aromatic rings. The van der Waals surface area contributed by atoms with Crippen molar-refractivity contribution in [2.75, 3.05) is 38.2 Å². The van der Waals surface area contributed by atoms with Gasteiger partial charge in [-0.05, 0) is 55.9 Å². The van der Waals surface area contributed by atoms with Crippen LogP contribution in [0, 0.1) is 0 Å². The van der Waals surface area contributed by atoms with Crippen molar-refractivity contribution in [2.24, 2.45) is 0 Å². The van der Waals surface area contributed by atoms with Gasteiger partial charge < -0.3 is 14.8 Å². The first-order valence-corrected chi connectivity index (χ1v) is 11.5. The topological polar surface area (TPSA) is 67.9 Å². The number of amides is 1. The van der Waals surface area contributed by atoms with Gasteiger partial charge in [0.1, 0.15) is 5.00 Å². The molecule has 0 unspecified atom stereocenters. The van der Waals surface area contributed by atoms with E-state index < -0.39 is 0 Å². The van der Waals surface area contributed by atoms with Crippen molar-refractivity contribution >= 4 is 28.2 Å². The summed E-state index contributed by atoms with van der Waals surface area (Å²) in [6, 6.07) is 7.69. The Morgan fingerprint density at radius 1 is 1.13 bits per heavy atom. The molecule has 1 aromatic carbocycles. The number of morpholine rings is 1. The Morgan fingerprint density at radius 3 is 2.60 bits per heavy atom. The van der Waals surface area contributed by atoms with Gasteiger partial charge in [-0.3, -0.25) is 9.69 Å². The summed E-state index contributed by atoms with van der Waals surface area (Å²) in [5, 5.41) is 3.59. The number of ether oxygens (including phenoxy) is 2. The van der Waals surface area contributed by atoms with Crippen LogP contribution in [0.15, 0.2) is 24.3 Å². The molecular formula is C23H28N2O4S. The third-order valence-electron chi connectivity index (χ3n) is 5.60. The molecule has 30 heavy (non-hydrogen) atoms. The van der Waals surface area contributed by atoms with Crippen LogP contribution in [0.1, 0.15) is 56.5 Å². The highest BCUT2D eigenvalue weighted by molar-refractivity contribution is 7.17. The first-order valence-electron chi connectivity index (χ1n) is 10.7. The zero-order valence-electron chi connectivity index (χ0n) is 17.4. The van der Waals surface area contributed by atoms with Gasteiger partial charge in [0.05, 0.1) is 25.4 Å². The number of esters is 1. The highest BCUT2D eigenvalue weighted by Gasteiger charge is 2.27. The van der Waals surface area contributed by atoms with Gasteiger partial charge >= 0.3 is 5.97 Å². The Balaban J connectivity index is 1.48. The fourth-order valence-corrected chi connectivity index (χ4v) is 5.30. The Hall–Kier alpha value is -2.22. The minimum atomic E-state index is -0.340. The highest BCUT2D eigenvalue weighted by atomic mass is 32.1. The molecule has 1 aromatic heterocycles. The van der Waals surface area contributed by atoms with Crippen LogP contribution in [0.2, 0.25) is 0 Å². The van der Waals surface area contributed by atoms with Gasteiger partial charge in [0, 0.05) is 30.1 Å². The summed E-state index contributed by atoms with van der Waals surface area (Å²) in [4.78, 5) is 29.0. The molecule has 0 bridgehead atoms. The van der Waals surface area contributed by atoms with Crippen molar-refractivity contribution in [3.05, 3.63) is 51.4 Å². The number of anilines is 1. The molecule has 1 N–H and O–H groups in total. The molecule has 6 nitrogen and oxygen atoms in total. The smallest absolute Gasteiger partial charge is 0.341 e. The summed E-state index contributed by atoms with van der Waals surface area (Å²) in [5.74, 6) is -0.537. The normalized spacial score (nSPS) is 16.7. The number of nitrogens with one attached hydrogen (secondary N) is 1. The highest BCUT2D eigenvalue weighted by Crippen LogP contribution is 2.38. The molecule has 0 radical (unpaired) electrons. The minimum absolute atomic E-state index is 0.197. The molecule has 160 valence electrons. The van der Waals surface area contributed by atoms with Crippen molar-refractivity contribution < 1.29 is 19.1 Å². The molecule has 0 atom stereocenters. The van der Waals surface area contributed by atoms with E-state index in [-0.39, 0.29) is 11.9 Å². The van der Waals surface area contributed by atoms with Crippen molar-refractivity contribution in [1.29, 1.82) is 0 Å². The second kappa shape index (κ2) is 9.73. The number of nitrogens with zero attached hydrogens (tertiary/aromatic N) is 1. The Bertz CT molecular complexity index is 901. The number of hydrogen-bond acceptors (Lipinski definition) is 6. The zero-order valence-corrected chi connectivity index (χ0v) is 18.2. The molecule has 0 saturated carbocycles. The number of thiophene rings is 1. The lowest BCUT2D eigenvalue weighted by molar-refractivity contribution is 0.0342. The number of carbonyl (C=O) groups excluding carboxylic acids is 2. The molecule has 1 aliphatic carbocycles. The van der Waals surface area contributed by atoms with Crippen molar-refractivity contribution in [3.63, 3.8) is 0 Å². The molecule has 1 amide bonds. The maximum atomic E-state index is 12.9. The lowest BCUT2D eigenvalue weighted by atomic mass is 9.95. The maximum Gasteiger partial charge on any atom is 0.341 e. The first-order chi connectivity index (χ1) is 14.7. The summed E-state index contributed by atoms with van der Waals surface area (Å²) >= 11 is 1.51. The second-order valence-electron chi connectivity index (χ2n) is 7.68. The van der Waals surface area contributed by atoms with Crippen molar-refractivity contribution in [2.45, 2.75) is 39.2 Å². The summed E-state index contributed by atoms with van der Waals surface area (Å²) in [6.45, 7) is 6.39. The van der Waals surface area contributed by atoms with Crippen LogP contribution in [0.3, 0.4) is 0 Å². The molecule has 4 rings (SSSR count). The van der Waals surface area contributed by atoms with Gasteiger partial charge in [-0.15, -0.1) is 11.3 Å². The van der Waals surface area contributed by atoms with Gasteiger partial charge in [-0.25, -0.2) is 4.79 Å². The molecule has 1 aliphatic heterocycles. The number of fused-ring (bicyclic) bond motifs is 1. The van der Waals surface area contributed by atoms with Crippen LogP contribution in [-0.2, 0) is 28.9 Å². The molecule has 2 heterocycles. The summed E-state index contributed by atoms with van der Waals surface area (Å²) in [7, 11) is 0. The van der Waals surface area contributed by atoms with E-state index in [2.05, 4.69) is 10.2 Å². The van der Waals surface area contributed by atoms with Crippen molar-refractivity contribution in [1.82, 2.24) is 4.90 Å². The van der Waals surface area contributed by atoms with E-state index in [1.807, 2.05) is 24.3 Å². The van der Waals surface area contributed by atoms with E-state index in [0.29, 0.717) is 22.7 Å². The lowest BCUT2D eigenvalue weighted by Gasteiger charge is -2.26. The number of aryl methyl sites for hydroxylation is 1. The van der Waals surface area contributed by atoms with Gasteiger partial charge in [0.15, 0.2) is 0 Å². The monoisotopic (exact) mass is 428 g/mol. The van der Waals surface area contributed by atoms with Crippen LogP contribution in [-0.4, -0.2) is 49.7 Å². The quantitative estimate of drug-likeness (QED) is 0.707. The largest absolute Gasteiger partial charge is 0.462 e. The Labute approximate surface area is 181 Å². The van der Waals surface area contributed by atoms with Crippen LogP contribution in [0.5, 0.6) is 0 Å². The van der Waals surface area contributed by atoms with Crippen LogP contribution >= 0.6 is 11.3 Å². The van der Waals surface area contributed by atoms with Crippen LogP contribution in [0.4, 0.5) is 5.00 Å². The van der Waals surface area contributed by atoms with E-state index in [1.54, 1.807) is 6.92 Å². The third kappa shape index (κ3) is 4.74. The van der Waals surface area contributed by atoms with E-state index in [4.69, 9.17) is 9.47 Å². The molecule has 1 fully saturated rings. The van der Waals surface area contributed by atoms with Gasteiger partial charge in [-0.1, -0.05) is 12.1 Å². The number of benzene rings is 1. The van der Waals surface area contributed by atoms with Gasteiger partial charge in [0.25, 0.3) is 5.91 Å². The lowest BCUT2D eigenvalue weighted by Crippen LogP contribution is -2.35. The third-order valence-corrected chi connectivity index (χ3v) is 6.81. The Kier molecular flexibility index (Phi) is 6.82. The predicted octanol–water partition coefficient (Wildman–Crippen LogP) is 3.89. The zero-order chi connectivity index (χ0) is 20.9. The SMILES string of the molecule is CCOC(=O)c1c(NC(=O)c2ccc(CN3CCOCC3)cc2)sc2c1CCCC2. The predicted molar refractivity (Wildman–Crippen MR) is 117 cm³/mol. The molecular weight excluding hydrogens is 400 g/mol. The Morgan fingerprint density at radius 2 is 1.87 bits per heavy atom. The van der Waals surface area contributed by atoms with E-state index in [0.717, 1.165) is 64.1 Å². The summed E-state index contributed by atoms with van der Waals surface area (Å²) < 4.78 is 10.7. The van der Waals surface area contributed by atoms with E-state index >= 15 is 0 Å². The first kappa shape index (κ1) is 21.0. The summed E-state index contributed by atoms with van der Waals surface area (Å²) in [5.41, 5.74) is 3.36. The standard InChI is InChI=1S/C23H28N2O4S/c1-2-29-23(27)20-18-5-3-4-6-19(18)30-22(20)24-21(26)17-9-7-16(8-10-17)15-25-11-13-28-14-12-25/h7-10H,2-6,11-15H2,1H3,(H,24,26). The number of hydrogen-bond donors (Lipinski definition) is 1. The van der Waals surface area contributed by atoms with Crippen LogP contribution in [0.25, 0.3) is 0 Å². The molecule has 1 saturated heterocycles. The maximum absolute atomic E-state index is 12.9.